The molecule has 0 aliphatic rings. The summed E-state index contributed by atoms with van der Waals surface area (Å²) < 4.78 is 30.1. The minimum atomic E-state index is -3.68. The van der Waals surface area contributed by atoms with Crippen molar-refractivity contribution in [2.24, 2.45) is 0 Å². The van der Waals surface area contributed by atoms with Crippen LogP contribution >= 0.6 is 0 Å². The van der Waals surface area contributed by atoms with E-state index in [1.54, 1.807) is 12.1 Å². The summed E-state index contributed by atoms with van der Waals surface area (Å²) in [4.78, 5) is 3.89. The Balaban J connectivity index is 2.47. The maximum atomic E-state index is 12.5. The van der Waals surface area contributed by atoms with Crippen LogP contribution in [0, 0.1) is 11.3 Å². The second-order valence-electron chi connectivity index (χ2n) is 4.29. The molecule has 0 unspecified atom stereocenters. The van der Waals surface area contributed by atoms with Gasteiger partial charge in [0, 0.05) is 23.5 Å². The number of benzene rings is 1. The molecule has 2 N–H and O–H groups in total. The Bertz CT molecular complexity index is 810. The van der Waals surface area contributed by atoms with Gasteiger partial charge in [0.05, 0.1) is 12.9 Å². The predicted molar refractivity (Wildman–Crippen MR) is 77.2 cm³/mol. The van der Waals surface area contributed by atoms with Crippen LogP contribution in [0.15, 0.2) is 41.4 Å². The lowest BCUT2D eigenvalue weighted by Crippen LogP contribution is -2.09. The molecule has 7 heteroatoms. The van der Waals surface area contributed by atoms with Crippen molar-refractivity contribution in [2.75, 3.05) is 12.8 Å². The number of nitrogen functional groups attached to an aromatic ring is 1. The minimum absolute atomic E-state index is 0.0342. The SMILES string of the molecule is COc1cc(N)ccc1S(=O)(=O)Cc1cccnc1C#N. The molecule has 0 spiro atoms. The Kier molecular flexibility index (Phi) is 4.10. The topological polar surface area (TPSA) is 106 Å². The molecular formula is C14H13N3O3S. The highest BCUT2D eigenvalue weighted by Crippen LogP contribution is 2.29. The van der Waals surface area contributed by atoms with E-state index < -0.39 is 9.84 Å². The molecule has 108 valence electrons. The fourth-order valence-corrected chi connectivity index (χ4v) is 3.40. The Morgan fingerprint density at radius 3 is 2.81 bits per heavy atom. The van der Waals surface area contributed by atoms with Crippen molar-refractivity contribution in [2.45, 2.75) is 10.6 Å². The number of hydrogen-bond acceptors (Lipinski definition) is 6. The van der Waals surface area contributed by atoms with Crippen molar-refractivity contribution in [3.05, 3.63) is 47.8 Å². The number of rotatable bonds is 4. The van der Waals surface area contributed by atoms with Crippen LogP contribution in [0.2, 0.25) is 0 Å². The molecule has 6 nitrogen and oxygen atoms in total. The van der Waals surface area contributed by atoms with Crippen LogP contribution in [-0.4, -0.2) is 20.5 Å². The molecule has 2 aromatic rings. The molecule has 0 bridgehead atoms. The van der Waals surface area contributed by atoms with Crippen LogP contribution < -0.4 is 10.5 Å². The van der Waals surface area contributed by atoms with Crippen molar-refractivity contribution >= 4 is 15.5 Å². The second kappa shape index (κ2) is 5.81. The fourth-order valence-electron chi connectivity index (χ4n) is 1.88. The van der Waals surface area contributed by atoms with Crippen molar-refractivity contribution < 1.29 is 13.2 Å². The van der Waals surface area contributed by atoms with Gasteiger partial charge in [-0.3, -0.25) is 0 Å². The first-order valence-corrected chi connectivity index (χ1v) is 7.63. The van der Waals surface area contributed by atoms with E-state index in [0.29, 0.717) is 11.3 Å². The smallest absolute Gasteiger partial charge is 0.186 e. The number of nitrogens with two attached hydrogens (primary N) is 1. The minimum Gasteiger partial charge on any atom is -0.495 e. The summed E-state index contributed by atoms with van der Waals surface area (Å²) in [7, 11) is -2.30. The van der Waals surface area contributed by atoms with Crippen LogP contribution in [0.5, 0.6) is 5.75 Å². The Morgan fingerprint density at radius 2 is 2.14 bits per heavy atom. The van der Waals surface area contributed by atoms with E-state index in [2.05, 4.69) is 4.98 Å². The normalized spacial score (nSPS) is 10.9. The maximum absolute atomic E-state index is 12.5. The summed E-state index contributed by atoms with van der Waals surface area (Å²) in [6.45, 7) is 0. The third-order valence-corrected chi connectivity index (χ3v) is 4.56. The monoisotopic (exact) mass is 303 g/mol. The van der Waals surface area contributed by atoms with E-state index >= 15 is 0 Å². The number of pyridine rings is 1. The average molecular weight is 303 g/mol. The van der Waals surface area contributed by atoms with Crippen molar-refractivity contribution in [3.63, 3.8) is 0 Å². The molecule has 0 atom stereocenters. The highest BCUT2D eigenvalue weighted by atomic mass is 32.2. The fraction of sp³-hybridized carbons (Fsp3) is 0.143. The molecule has 1 aromatic heterocycles. The molecule has 21 heavy (non-hydrogen) atoms. The lowest BCUT2D eigenvalue weighted by molar-refractivity contribution is 0.403. The third kappa shape index (κ3) is 3.12. The summed E-state index contributed by atoms with van der Waals surface area (Å²) in [5, 5.41) is 8.97. The maximum Gasteiger partial charge on any atom is 0.186 e. The van der Waals surface area contributed by atoms with Gasteiger partial charge in [-0.15, -0.1) is 0 Å². The summed E-state index contributed by atoms with van der Waals surface area (Å²) in [6, 6.07) is 9.36. The first kappa shape index (κ1) is 14.8. The highest BCUT2D eigenvalue weighted by molar-refractivity contribution is 7.90. The molecule has 1 aromatic carbocycles. The van der Waals surface area contributed by atoms with Gasteiger partial charge in [-0.1, -0.05) is 6.07 Å². The van der Waals surface area contributed by atoms with Crippen molar-refractivity contribution in [3.8, 4) is 11.8 Å². The Labute approximate surface area is 122 Å². The molecule has 1 heterocycles. The van der Waals surface area contributed by atoms with Gasteiger partial charge in [0.15, 0.2) is 9.84 Å². The molecule has 0 saturated heterocycles. The second-order valence-corrected chi connectivity index (χ2v) is 6.25. The molecule has 0 aliphatic heterocycles. The predicted octanol–water partition coefficient (Wildman–Crippen LogP) is 1.52. The largest absolute Gasteiger partial charge is 0.495 e. The van der Waals surface area contributed by atoms with E-state index in [1.807, 2.05) is 6.07 Å². The summed E-state index contributed by atoms with van der Waals surface area (Å²) in [5.74, 6) is -0.151. The Hall–Kier alpha value is -2.59. The molecule has 0 aliphatic carbocycles. The zero-order valence-electron chi connectivity index (χ0n) is 11.3. The van der Waals surface area contributed by atoms with Gasteiger partial charge in [-0.05, 0) is 18.2 Å². The zero-order chi connectivity index (χ0) is 15.5. The number of sulfone groups is 1. The number of nitriles is 1. The van der Waals surface area contributed by atoms with Crippen molar-refractivity contribution in [1.82, 2.24) is 4.98 Å². The van der Waals surface area contributed by atoms with Crippen molar-refractivity contribution in [1.29, 1.82) is 5.26 Å². The number of methoxy groups -OCH3 is 1. The van der Waals surface area contributed by atoms with Gasteiger partial charge in [-0.25, -0.2) is 13.4 Å². The van der Waals surface area contributed by atoms with E-state index in [0.717, 1.165) is 0 Å². The number of hydrogen-bond donors (Lipinski definition) is 1. The molecule has 0 amide bonds. The average Bonchev–Trinajstić information content (AvgIpc) is 2.47. The van der Waals surface area contributed by atoms with Crippen LogP contribution in [0.4, 0.5) is 5.69 Å². The number of ether oxygens (including phenoxy) is 1. The van der Waals surface area contributed by atoms with Crippen LogP contribution in [0.3, 0.4) is 0 Å². The Morgan fingerprint density at radius 1 is 1.38 bits per heavy atom. The summed E-state index contributed by atoms with van der Waals surface area (Å²) >= 11 is 0. The third-order valence-electron chi connectivity index (χ3n) is 2.87. The molecule has 0 saturated carbocycles. The quantitative estimate of drug-likeness (QED) is 0.858. The molecule has 0 fully saturated rings. The number of nitrogens with zero attached hydrogens (tertiary/aromatic N) is 2. The van der Waals surface area contributed by atoms with E-state index in [9.17, 15) is 8.42 Å². The van der Waals surface area contributed by atoms with Crippen LogP contribution in [0.1, 0.15) is 11.3 Å². The molecule has 0 radical (unpaired) electrons. The molecule has 2 rings (SSSR count). The highest BCUT2D eigenvalue weighted by Gasteiger charge is 2.22. The van der Waals surface area contributed by atoms with Gasteiger partial charge < -0.3 is 10.5 Å². The van der Waals surface area contributed by atoms with E-state index in [4.69, 9.17) is 15.7 Å². The summed E-state index contributed by atoms with van der Waals surface area (Å²) in [6.07, 6.45) is 1.44. The van der Waals surface area contributed by atoms with Gasteiger partial charge in [0.1, 0.15) is 22.4 Å². The summed E-state index contributed by atoms with van der Waals surface area (Å²) in [5.41, 5.74) is 6.46. The number of aromatic nitrogens is 1. The molecular weight excluding hydrogens is 290 g/mol. The lowest BCUT2D eigenvalue weighted by atomic mass is 10.2. The first-order valence-electron chi connectivity index (χ1n) is 5.98. The van der Waals surface area contributed by atoms with E-state index in [1.165, 1.54) is 31.5 Å². The number of anilines is 1. The lowest BCUT2D eigenvalue weighted by Gasteiger charge is -2.10. The van der Waals surface area contributed by atoms with Gasteiger partial charge in [0.25, 0.3) is 0 Å². The van der Waals surface area contributed by atoms with Gasteiger partial charge in [-0.2, -0.15) is 5.26 Å². The van der Waals surface area contributed by atoms with Gasteiger partial charge >= 0.3 is 0 Å². The first-order chi connectivity index (χ1) is 9.97. The zero-order valence-corrected chi connectivity index (χ0v) is 12.1. The van der Waals surface area contributed by atoms with Gasteiger partial charge in [0.2, 0.25) is 0 Å². The standard InChI is InChI=1S/C14H13N3O3S/c1-20-13-7-11(16)4-5-14(13)21(18,19)9-10-3-2-6-17-12(10)8-15/h2-7H,9,16H2,1H3. The van der Waals surface area contributed by atoms with E-state index in [-0.39, 0.29) is 22.1 Å². The van der Waals surface area contributed by atoms with Crippen LogP contribution in [-0.2, 0) is 15.6 Å². The van der Waals surface area contributed by atoms with Crippen LogP contribution in [0.25, 0.3) is 0 Å².